The highest BCUT2D eigenvalue weighted by Crippen LogP contribution is 2.35. The van der Waals surface area contributed by atoms with Gasteiger partial charge in [0, 0.05) is 5.56 Å². The van der Waals surface area contributed by atoms with E-state index < -0.39 is 11.7 Å². The molecule has 0 spiro atoms. The SMILES string of the molecule is COc1cc2c(cc1-c1cnc(NC(=O)c3ccccc3F)cn1)CCC2. The van der Waals surface area contributed by atoms with Gasteiger partial charge in [-0.3, -0.25) is 9.78 Å². The van der Waals surface area contributed by atoms with Gasteiger partial charge >= 0.3 is 0 Å². The van der Waals surface area contributed by atoms with Crippen molar-refractivity contribution in [2.45, 2.75) is 19.3 Å². The van der Waals surface area contributed by atoms with Crippen molar-refractivity contribution in [1.82, 2.24) is 9.97 Å². The van der Waals surface area contributed by atoms with Gasteiger partial charge in [-0.1, -0.05) is 12.1 Å². The van der Waals surface area contributed by atoms with Crippen LogP contribution in [0.5, 0.6) is 5.75 Å². The summed E-state index contributed by atoms with van der Waals surface area (Å²) in [7, 11) is 1.64. The first-order valence-corrected chi connectivity index (χ1v) is 8.74. The molecule has 3 aromatic rings. The molecule has 0 saturated carbocycles. The van der Waals surface area contributed by atoms with E-state index in [4.69, 9.17) is 4.74 Å². The van der Waals surface area contributed by atoms with Gasteiger partial charge in [-0.15, -0.1) is 0 Å². The van der Waals surface area contributed by atoms with Crippen LogP contribution in [0.25, 0.3) is 11.3 Å². The molecule has 136 valence electrons. The van der Waals surface area contributed by atoms with E-state index in [0.717, 1.165) is 30.6 Å². The fourth-order valence-corrected chi connectivity index (χ4v) is 3.33. The Morgan fingerprint density at radius 3 is 2.59 bits per heavy atom. The lowest BCUT2D eigenvalue weighted by atomic mass is 10.0. The second kappa shape index (κ2) is 7.15. The number of aromatic nitrogens is 2. The smallest absolute Gasteiger partial charge is 0.259 e. The Morgan fingerprint density at radius 2 is 1.89 bits per heavy atom. The van der Waals surface area contributed by atoms with Gasteiger partial charge in [0.05, 0.1) is 30.8 Å². The van der Waals surface area contributed by atoms with Crippen LogP contribution in [0.2, 0.25) is 0 Å². The molecule has 1 aliphatic rings. The predicted octanol–water partition coefficient (Wildman–Crippen LogP) is 4.03. The Kier molecular flexibility index (Phi) is 4.54. The fraction of sp³-hybridized carbons (Fsp3) is 0.190. The summed E-state index contributed by atoms with van der Waals surface area (Å²) in [6, 6.07) is 9.96. The van der Waals surface area contributed by atoms with Crippen molar-refractivity contribution < 1.29 is 13.9 Å². The van der Waals surface area contributed by atoms with E-state index in [1.54, 1.807) is 19.4 Å². The molecule has 1 aromatic heterocycles. The Morgan fingerprint density at radius 1 is 1.11 bits per heavy atom. The van der Waals surface area contributed by atoms with Gasteiger partial charge in [0.2, 0.25) is 0 Å². The summed E-state index contributed by atoms with van der Waals surface area (Å²) in [4.78, 5) is 20.8. The summed E-state index contributed by atoms with van der Waals surface area (Å²) in [6.07, 6.45) is 6.31. The van der Waals surface area contributed by atoms with Gasteiger partial charge in [0.1, 0.15) is 11.6 Å². The molecule has 1 aliphatic carbocycles. The summed E-state index contributed by atoms with van der Waals surface area (Å²) in [5.41, 5.74) is 4.12. The summed E-state index contributed by atoms with van der Waals surface area (Å²) in [5.74, 6) is -0.132. The monoisotopic (exact) mass is 363 g/mol. The van der Waals surface area contributed by atoms with Crippen LogP contribution in [0, 0.1) is 5.82 Å². The standard InChI is InChI=1S/C21H18FN3O2/c1-27-19-10-14-6-4-5-13(14)9-16(19)18-11-24-20(12-23-18)25-21(26)15-7-2-3-8-17(15)22/h2-3,7-12H,4-6H2,1H3,(H,24,25,26). The normalized spacial score (nSPS) is 12.5. The van der Waals surface area contributed by atoms with E-state index in [2.05, 4.69) is 27.4 Å². The molecule has 1 N–H and O–H groups in total. The highest BCUT2D eigenvalue weighted by molar-refractivity contribution is 6.03. The average molecular weight is 363 g/mol. The third-order valence-corrected chi connectivity index (χ3v) is 4.70. The molecule has 0 unspecified atom stereocenters. The van der Waals surface area contributed by atoms with Crippen molar-refractivity contribution in [2.75, 3.05) is 12.4 Å². The summed E-state index contributed by atoms with van der Waals surface area (Å²) in [6.45, 7) is 0. The van der Waals surface area contributed by atoms with Crippen LogP contribution < -0.4 is 10.1 Å². The van der Waals surface area contributed by atoms with Crippen LogP contribution in [0.15, 0.2) is 48.8 Å². The second-order valence-corrected chi connectivity index (χ2v) is 6.40. The minimum absolute atomic E-state index is 0.0383. The molecule has 2 aromatic carbocycles. The Hall–Kier alpha value is -3.28. The first-order valence-electron chi connectivity index (χ1n) is 8.74. The summed E-state index contributed by atoms with van der Waals surface area (Å²) >= 11 is 0. The van der Waals surface area contributed by atoms with Crippen molar-refractivity contribution in [3.8, 4) is 17.0 Å². The maximum atomic E-state index is 13.7. The number of carbonyl (C=O) groups is 1. The number of benzene rings is 2. The van der Waals surface area contributed by atoms with E-state index in [9.17, 15) is 9.18 Å². The van der Waals surface area contributed by atoms with Crippen molar-refractivity contribution in [2.24, 2.45) is 0 Å². The third-order valence-electron chi connectivity index (χ3n) is 4.70. The van der Waals surface area contributed by atoms with Crippen molar-refractivity contribution in [1.29, 1.82) is 0 Å². The maximum absolute atomic E-state index is 13.7. The molecule has 0 saturated heterocycles. The zero-order chi connectivity index (χ0) is 18.8. The molecule has 0 radical (unpaired) electrons. The number of carbonyl (C=O) groups excluding carboxylic acids is 1. The van der Waals surface area contributed by atoms with Gasteiger partial charge in [0.25, 0.3) is 5.91 Å². The van der Waals surface area contributed by atoms with Gasteiger partial charge in [-0.25, -0.2) is 9.37 Å². The van der Waals surface area contributed by atoms with Crippen LogP contribution in [0.4, 0.5) is 10.2 Å². The van der Waals surface area contributed by atoms with Gasteiger partial charge < -0.3 is 10.1 Å². The molecule has 5 nitrogen and oxygen atoms in total. The van der Waals surface area contributed by atoms with E-state index in [1.807, 2.05) is 0 Å². The van der Waals surface area contributed by atoms with Crippen LogP contribution in [-0.2, 0) is 12.8 Å². The van der Waals surface area contributed by atoms with E-state index in [-0.39, 0.29) is 11.4 Å². The molecule has 6 heteroatoms. The predicted molar refractivity (Wildman–Crippen MR) is 100 cm³/mol. The largest absolute Gasteiger partial charge is 0.496 e. The first-order chi connectivity index (χ1) is 13.2. The van der Waals surface area contributed by atoms with Gasteiger partial charge in [0.15, 0.2) is 5.82 Å². The molecule has 27 heavy (non-hydrogen) atoms. The van der Waals surface area contributed by atoms with Crippen LogP contribution in [0.1, 0.15) is 27.9 Å². The molecule has 0 aliphatic heterocycles. The third kappa shape index (κ3) is 3.38. The van der Waals surface area contributed by atoms with Crippen molar-refractivity contribution in [3.63, 3.8) is 0 Å². The average Bonchev–Trinajstić information content (AvgIpc) is 3.15. The molecule has 0 fully saturated rings. The number of methoxy groups -OCH3 is 1. The zero-order valence-electron chi connectivity index (χ0n) is 14.8. The molecule has 0 atom stereocenters. The molecule has 1 amide bonds. The van der Waals surface area contributed by atoms with Gasteiger partial charge in [-0.05, 0) is 54.7 Å². The minimum atomic E-state index is -0.581. The number of amides is 1. The quantitative estimate of drug-likeness (QED) is 0.760. The molecule has 1 heterocycles. The number of halogens is 1. The fourth-order valence-electron chi connectivity index (χ4n) is 3.33. The zero-order valence-corrected chi connectivity index (χ0v) is 14.8. The van der Waals surface area contributed by atoms with Crippen LogP contribution in [-0.4, -0.2) is 23.0 Å². The highest BCUT2D eigenvalue weighted by atomic mass is 19.1. The second-order valence-electron chi connectivity index (χ2n) is 6.40. The number of nitrogens with one attached hydrogen (secondary N) is 1. The highest BCUT2D eigenvalue weighted by Gasteiger charge is 2.17. The number of nitrogens with zero attached hydrogens (tertiary/aromatic N) is 2. The van der Waals surface area contributed by atoms with Crippen molar-refractivity contribution >= 4 is 11.7 Å². The Bertz CT molecular complexity index is 1000. The van der Waals surface area contributed by atoms with Crippen LogP contribution in [0.3, 0.4) is 0 Å². The topological polar surface area (TPSA) is 64.1 Å². The van der Waals surface area contributed by atoms with Crippen molar-refractivity contribution in [3.05, 3.63) is 71.3 Å². The number of rotatable bonds is 4. The molecular formula is C21H18FN3O2. The molecule has 4 rings (SSSR count). The lowest BCUT2D eigenvalue weighted by molar-refractivity contribution is 0.102. The number of hydrogen-bond acceptors (Lipinski definition) is 4. The number of anilines is 1. The molecule has 0 bridgehead atoms. The van der Waals surface area contributed by atoms with E-state index in [1.165, 1.54) is 35.5 Å². The maximum Gasteiger partial charge on any atom is 0.259 e. The van der Waals surface area contributed by atoms with E-state index in [0.29, 0.717) is 5.69 Å². The Balaban J connectivity index is 1.58. The molecular weight excluding hydrogens is 345 g/mol. The summed E-state index contributed by atoms with van der Waals surface area (Å²) in [5, 5.41) is 2.56. The minimum Gasteiger partial charge on any atom is -0.496 e. The number of aryl methyl sites for hydroxylation is 2. The van der Waals surface area contributed by atoms with E-state index >= 15 is 0 Å². The number of ether oxygens (including phenoxy) is 1. The number of fused-ring (bicyclic) bond motifs is 1. The van der Waals surface area contributed by atoms with Gasteiger partial charge in [-0.2, -0.15) is 0 Å². The van der Waals surface area contributed by atoms with Crippen LogP contribution >= 0.6 is 0 Å². The summed E-state index contributed by atoms with van der Waals surface area (Å²) < 4.78 is 19.2. The number of hydrogen-bond donors (Lipinski definition) is 1. The lowest BCUT2D eigenvalue weighted by Gasteiger charge is -2.11. The lowest BCUT2D eigenvalue weighted by Crippen LogP contribution is -2.14. The first kappa shape index (κ1) is 17.1. The Labute approximate surface area is 156 Å².